The topological polar surface area (TPSA) is 88.2 Å². The van der Waals surface area contributed by atoms with Gasteiger partial charge in [0, 0.05) is 18.8 Å². The third kappa shape index (κ3) is 5.38. The van der Waals surface area contributed by atoms with Crippen LogP contribution in [0.2, 0.25) is 0 Å². The largest absolute Gasteiger partial charge is 0.483 e. The summed E-state index contributed by atoms with van der Waals surface area (Å²) in [6.45, 7) is 8.43. The van der Waals surface area contributed by atoms with Crippen molar-refractivity contribution in [3.63, 3.8) is 0 Å². The summed E-state index contributed by atoms with van der Waals surface area (Å²) in [6.07, 6.45) is 0. The van der Waals surface area contributed by atoms with E-state index in [0.29, 0.717) is 36.0 Å². The zero-order chi connectivity index (χ0) is 23.3. The number of benzene rings is 2. The van der Waals surface area contributed by atoms with Gasteiger partial charge in [0.05, 0.1) is 5.69 Å². The summed E-state index contributed by atoms with van der Waals surface area (Å²) in [5.74, 6) is 0.360. The zero-order valence-corrected chi connectivity index (χ0v) is 18.9. The summed E-state index contributed by atoms with van der Waals surface area (Å²) in [5, 5.41) is 2.78. The summed E-state index contributed by atoms with van der Waals surface area (Å²) in [7, 11) is 0. The van der Waals surface area contributed by atoms with E-state index < -0.39 is 0 Å². The number of ether oxygens (including phenoxy) is 2. The number of hydrogen-bond acceptors (Lipinski definition) is 5. The average molecular weight is 440 g/mol. The van der Waals surface area contributed by atoms with E-state index in [9.17, 15) is 14.4 Å². The van der Waals surface area contributed by atoms with Crippen molar-refractivity contribution >= 4 is 29.1 Å². The first-order valence-electron chi connectivity index (χ1n) is 10.7. The maximum absolute atomic E-state index is 12.6. The van der Waals surface area contributed by atoms with Gasteiger partial charge >= 0.3 is 0 Å². The van der Waals surface area contributed by atoms with Crippen LogP contribution in [0.15, 0.2) is 36.4 Å². The molecule has 0 spiro atoms. The molecule has 1 N–H and O–H groups in total. The van der Waals surface area contributed by atoms with Gasteiger partial charge in [-0.1, -0.05) is 12.1 Å². The van der Waals surface area contributed by atoms with Crippen LogP contribution in [0.25, 0.3) is 0 Å². The maximum Gasteiger partial charge on any atom is 0.265 e. The van der Waals surface area contributed by atoms with Crippen LogP contribution in [0.4, 0.5) is 11.4 Å². The van der Waals surface area contributed by atoms with Gasteiger partial charge in [0.15, 0.2) is 13.2 Å². The summed E-state index contributed by atoms with van der Waals surface area (Å²) in [4.78, 5) is 40.5. The molecule has 2 aromatic carbocycles. The van der Waals surface area contributed by atoms with Crippen LogP contribution in [-0.2, 0) is 14.4 Å². The first-order valence-corrected chi connectivity index (χ1v) is 10.7. The smallest absolute Gasteiger partial charge is 0.265 e. The van der Waals surface area contributed by atoms with Crippen LogP contribution in [-0.4, -0.2) is 55.5 Å². The molecule has 8 nitrogen and oxygen atoms in total. The number of anilines is 2. The van der Waals surface area contributed by atoms with Crippen molar-refractivity contribution in [1.29, 1.82) is 0 Å². The van der Waals surface area contributed by atoms with E-state index in [0.717, 1.165) is 11.1 Å². The number of amides is 3. The van der Waals surface area contributed by atoms with E-state index in [4.69, 9.17) is 9.47 Å². The molecular weight excluding hydrogens is 410 g/mol. The zero-order valence-electron chi connectivity index (χ0n) is 18.9. The van der Waals surface area contributed by atoms with Gasteiger partial charge < -0.3 is 19.7 Å². The predicted molar refractivity (Wildman–Crippen MR) is 122 cm³/mol. The lowest BCUT2D eigenvalue weighted by Crippen LogP contribution is -2.46. The second kappa shape index (κ2) is 10.2. The van der Waals surface area contributed by atoms with Crippen molar-refractivity contribution < 1.29 is 23.9 Å². The average Bonchev–Trinajstić information content (AvgIpc) is 2.77. The fourth-order valence-corrected chi connectivity index (χ4v) is 3.47. The van der Waals surface area contributed by atoms with Gasteiger partial charge in [-0.3, -0.25) is 19.3 Å². The molecule has 0 bridgehead atoms. The number of likely N-dealkylation sites (N-methyl/N-ethyl adjacent to an activating group) is 1. The van der Waals surface area contributed by atoms with Crippen molar-refractivity contribution in [1.82, 2.24) is 4.90 Å². The van der Waals surface area contributed by atoms with E-state index in [-0.39, 0.29) is 37.5 Å². The molecule has 0 aliphatic carbocycles. The first kappa shape index (κ1) is 23.1. The molecule has 8 heteroatoms. The Labute approximate surface area is 188 Å². The van der Waals surface area contributed by atoms with Crippen LogP contribution >= 0.6 is 0 Å². The van der Waals surface area contributed by atoms with Crippen molar-refractivity contribution in [2.75, 3.05) is 43.1 Å². The Kier molecular flexibility index (Phi) is 7.35. The number of nitrogens with zero attached hydrogens (tertiary/aromatic N) is 2. The van der Waals surface area contributed by atoms with Crippen molar-refractivity contribution in [2.45, 2.75) is 27.7 Å². The molecule has 3 rings (SSSR count). The quantitative estimate of drug-likeness (QED) is 0.683. The van der Waals surface area contributed by atoms with Gasteiger partial charge in [-0.2, -0.15) is 0 Å². The van der Waals surface area contributed by atoms with Crippen molar-refractivity contribution in [3.8, 4) is 11.5 Å². The van der Waals surface area contributed by atoms with Gasteiger partial charge in [-0.25, -0.2) is 0 Å². The summed E-state index contributed by atoms with van der Waals surface area (Å²) < 4.78 is 11.2. The SMILES string of the molecule is CCN(CC)C(=O)CN1C(=O)COc2ccc(NC(=O)COc3cc(C)ccc3C)cc21. The second-order valence-electron chi connectivity index (χ2n) is 7.62. The molecule has 1 aliphatic rings. The molecule has 1 heterocycles. The molecule has 0 unspecified atom stereocenters. The lowest BCUT2D eigenvalue weighted by atomic mass is 10.1. The molecule has 0 saturated carbocycles. The van der Waals surface area contributed by atoms with Gasteiger partial charge in [-0.05, 0) is 63.1 Å². The molecule has 2 aromatic rings. The summed E-state index contributed by atoms with van der Waals surface area (Å²) in [6, 6.07) is 10.8. The number of carbonyl (C=O) groups is 3. The van der Waals surface area contributed by atoms with Gasteiger partial charge in [-0.15, -0.1) is 0 Å². The number of nitrogens with one attached hydrogen (secondary N) is 1. The second-order valence-corrected chi connectivity index (χ2v) is 7.62. The lowest BCUT2D eigenvalue weighted by Gasteiger charge is -2.31. The third-order valence-corrected chi connectivity index (χ3v) is 5.30. The lowest BCUT2D eigenvalue weighted by molar-refractivity contribution is -0.131. The highest BCUT2D eigenvalue weighted by Gasteiger charge is 2.29. The fourth-order valence-electron chi connectivity index (χ4n) is 3.47. The Hall–Kier alpha value is -3.55. The number of carbonyl (C=O) groups excluding carboxylic acids is 3. The monoisotopic (exact) mass is 439 g/mol. The van der Waals surface area contributed by atoms with E-state index >= 15 is 0 Å². The third-order valence-electron chi connectivity index (χ3n) is 5.30. The summed E-state index contributed by atoms with van der Waals surface area (Å²) in [5.41, 5.74) is 2.93. The molecule has 3 amide bonds. The molecular formula is C24H29N3O5. The van der Waals surface area contributed by atoms with Crippen molar-refractivity contribution in [2.24, 2.45) is 0 Å². The molecule has 0 fully saturated rings. The fraction of sp³-hybridized carbons (Fsp3) is 0.375. The molecule has 0 radical (unpaired) electrons. The predicted octanol–water partition coefficient (Wildman–Crippen LogP) is 2.91. The Balaban J connectivity index is 1.71. The molecule has 0 aromatic heterocycles. The Morgan fingerprint density at radius 2 is 1.88 bits per heavy atom. The van der Waals surface area contributed by atoms with Crippen LogP contribution in [0, 0.1) is 13.8 Å². The van der Waals surface area contributed by atoms with Crippen molar-refractivity contribution in [3.05, 3.63) is 47.5 Å². The molecule has 32 heavy (non-hydrogen) atoms. The highest BCUT2D eigenvalue weighted by atomic mass is 16.5. The normalized spacial score (nSPS) is 12.6. The molecule has 1 aliphatic heterocycles. The molecule has 170 valence electrons. The number of aryl methyl sites for hydroxylation is 2. The van der Waals surface area contributed by atoms with Crippen LogP contribution in [0.3, 0.4) is 0 Å². The Bertz CT molecular complexity index is 1020. The Morgan fingerprint density at radius 1 is 1.12 bits per heavy atom. The van der Waals surface area contributed by atoms with E-state index in [1.54, 1.807) is 23.1 Å². The molecule has 0 saturated heterocycles. The van der Waals surface area contributed by atoms with Crippen LogP contribution in [0.5, 0.6) is 11.5 Å². The van der Waals surface area contributed by atoms with Crippen LogP contribution in [0.1, 0.15) is 25.0 Å². The van der Waals surface area contributed by atoms with E-state index in [2.05, 4.69) is 5.32 Å². The molecule has 0 atom stereocenters. The maximum atomic E-state index is 12.6. The standard InChI is InChI=1S/C24H29N3O5/c1-5-26(6-2)23(29)13-27-19-12-18(9-10-20(19)32-15-24(27)30)25-22(28)14-31-21-11-16(3)7-8-17(21)4/h7-12H,5-6,13-15H2,1-4H3,(H,25,28). The highest BCUT2D eigenvalue weighted by molar-refractivity contribution is 6.03. The minimum atomic E-state index is -0.334. The number of rotatable bonds is 8. The summed E-state index contributed by atoms with van der Waals surface area (Å²) >= 11 is 0. The van der Waals surface area contributed by atoms with Crippen LogP contribution < -0.4 is 19.7 Å². The van der Waals surface area contributed by atoms with E-state index in [1.165, 1.54) is 4.90 Å². The number of fused-ring (bicyclic) bond motifs is 1. The van der Waals surface area contributed by atoms with E-state index in [1.807, 2.05) is 45.9 Å². The van der Waals surface area contributed by atoms with Gasteiger partial charge in [0.25, 0.3) is 11.8 Å². The Morgan fingerprint density at radius 3 is 2.59 bits per heavy atom. The van der Waals surface area contributed by atoms with Gasteiger partial charge in [0.2, 0.25) is 5.91 Å². The minimum Gasteiger partial charge on any atom is -0.483 e. The first-order chi connectivity index (χ1) is 15.3. The highest BCUT2D eigenvalue weighted by Crippen LogP contribution is 2.34. The van der Waals surface area contributed by atoms with Gasteiger partial charge in [0.1, 0.15) is 18.0 Å². The minimum absolute atomic E-state index is 0.0793. The number of hydrogen-bond donors (Lipinski definition) is 1.